The van der Waals surface area contributed by atoms with Gasteiger partial charge in [-0.1, -0.05) is 13.3 Å². The minimum Gasteiger partial charge on any atom is -0.347 e. The van der Waals surface area contributed by atoms with E-state index in [-0.39, 0.29) is 23.8 Å². The molecule has 2 heterocycles. The first-order valence-corrected chi connectivity index (χ1v) is 9.46. The van der Waals surface area contributed by atoms with Crippen molar-refractivity contribution in [2.24, 2.45) is 5.92 Å². The van der Waals surface area contributed by atoms with Gasteiger partial charge in [0.2, 0.25) is 11.8 Å². The van der Waals surface area contributed by atoms with Crippen LogP contribution < -0.4 is 10.2 Å². The lowest BCUT2D eigenvalue weighted by atomic mass is 9.98. The molecule has 3 rings (SSSR count). The predicted octanol–water partition coefficient (Wildman–Crippen LogP) is 2.19. The van der Waals surface area contributed by atoms with Crippen LogP contribution in [0.3, 0.4) is 0 Å². The maximum atomic E-state index is 12.6. The number of carbonyl (C=O) groups excluding carboxylic acids is 3. The van der Waals surface area contributed by atoms with E-state index in [1.807, 2.05) is 17.0 Å². The number of rotatable bonds is 5. The van der Waals surface area contributed by atoms with Crippen molar-refractivity contribution >= 4 is 23.4 Å². The van der Waals surface area contributed by atoms with E-state index in [0.29, 0.717) is 31.0 Å². The molecule has 3 amide bonds. The third kappa shape index (κ3) is 3.89. The lowest BCUT2D eigenvalue weighted by Gasteiger charge is -2.20. The Labute approximate surface area is 154 Å². The van der Waals surface area contributed by atoms with Crippen molar-refractivity contribution in [1.29, 1.82) is 0 Å². The van der Waals surface area contributed by atoms with E-state index >= 15 is 0 Å². The van der Waals surface area contributed by atoms with Crippen LogP contribution in [-0.2, 0) is 9.59 Å². The molecule has 2 fully saturated rings. The summed E-state index contributed by atoms with van der Waals surface area (Å²) in [5.41, 5.74) is 1.42. The molecule has 0 unspecified atom stereocenters. The standard InChI is InChI=1S/C20H27N3O3/c1-3-5-16-12-22(14(2)24)13-18(16)21-20(26)15-7-9-17(10-8-15)23-11-4-6-19(23)25/h7-10,16,18H,3-6,11-13H2,1-2H3,(H,21,26)/t16-,18-/m1/s1. The quantitative estimate of drug-likeness (QED) is 0.878. The zero-order chi connectivity index (χ0) is 18.7. The number of anilines is 1. The summed E-state index contributed by atoms with van der Waals surface area (Å²) in [5, 5.41) is 3.10. The van der Waals surface area contributed by atoms with Crippen LogP contribution in [0.1, 0.15) is 49.9 Å². The predicted molar refractivity (Wildman–Crippen MR) is 99.9 cm³/mol. The highest BCUT2D eigenvalue weighted by molar-refractivity contribution is 5.97. The second kappa shape index (κ2) is 7.89. The Hall–Kier alpha value is -2.37. The molecular formula is C20H27N3O3. The van der Waals surface area contributed by atoms with E-state index in [1.165, 1.54) is 0 Å². The smallest absolute Gasteiger partial charge is 0.251 e. The third-order valence-corrected chi connectivity index (χ3v) is 5.38. The van der Waals surface area contributed by atoms with Gasteiger partial charge in [-0.2, -0.15) is 0 Å². The van der Waals surface area contributed by atoms with Gasteiger partial charge in [0, 0.05) is 44.2 Å². The summed E-state index contributed by atoms with van der Waals surface area (Å²) in [7, 11) is 0. The van der Waals surface area contributed by atoms with Crippen LogP contribution in [0.2, 0.25) is 0 Å². The fourth-order valence-corrected chi connectivity index (χ4v) is 3.92. The number of hydrogen-bond acceptors (Lipinski definition) is 3. The van der Waals surface area contributed by atoms with Gasteiger partial charge < -0.3 is 15.1 Å². The third-order valence-electron chi connectivity index (χ3n) is 5.38. The SMILES string of the molecule is CCC[C@@H]1CN(C(C)=O)C[C@H]1NC(=O)c1ccc(N2CCCC2=O)cc1. The van der Waals surface area contributed by atoms with E-state index in [9.17, 15) is 14.4 Å². The van der Waals surface area contributed by atoms with E-state index in [0.717, 1.165) is 31.5 Å². The molecule has 2 aliphatic heterocycles. The summed E-state index contributed by atoms with van der Waals surface area (Å²) >= 11 is 0. The van der Waals surface area contributed by atoms with Crippen molar-refractivity contribution in [3.63, 3.8) is 0 Å². The number of amides is 3. The van der Waals surface area contributed by atoms with E-state index in [4.69, 9.17) is 0 Å². The monoisotopic (exact) mass is 357 g/mol. The number of benzene rings is 1. The lowest BCUT2D eigenvalue weighted by molar-refractivity contribution is -0.128. The first kappa shape index (κ1) is 18.4. The summed E-state index contributed by atoms with van der Waals surface area (Å²) in [6, 6.07) is 7.19. The fourth-order valence-electron chi connectivity index (χ4n) is 3.92. The van der Waals surface area contributed by atoms with Crippen molar-refractivity contribution < 1.29 is 14.4 Å². The Kier molecular flexibility index (Phi) is 5.59. The minimum atomic E-state index is -0.124. The van der Waals surface area contributed by atoms with Crippen LogP contribution in [0.25, 0.3) is 0 Å². The molecule has 2 saturated heterocycles. The van der Waals surface area contributed by atoms with Crippen LogP contribution in [-0.4, -0.2) is 48.3 Å². The summed E-state index contributed by atoms with van der Waals surface area (Å²) < 4.78 is 0. The maximum Gasteiger partial charge on any atom is 0.251 e. The molecule has 1 aromatic rings. The first-order valence-electron chi connectivity index (χ1n) is 9.46. The summed E-state index contributed by atoms with van der Waals surface area (Å²) in [6.07, 6.45) is 3.50. The second-order valence-electron chi connectivity index (χ2n) is 7.25. The topological polar surface area (TPSA) is 69.7 Å². The highest BCUT2D eigenvalue weighted by Crippen LogP contribution is 2.24. The van der Waals surface area contributed by atoms with E-state index in [1.54, 1.807) is 24.0 Å². The largest absolute Gasteiger partial charge is 0.347 e. The Bertz CT molecular complexity index is 686. The van der Waals surface area contributed by atoms with Crippen molar-refractivity contribution in [3.8, 4) is 0 Å². The molecule has 0 aliphatic carbocycles. The molecule has 2 aliphatic rings. The normalized spacial score (nSPS) is 22.8. The average Bonchev–Trinajstić information content (AvgIpc) is 3.22. The molecule has 0 radical (unpaired) electrons. The Balaban J connectivity index is 1.65. The molecule has 0 bridgehead atoms. The van der Waals surface area contributed by atoms with Crippen LogP contribution in [0, 0.1) is 5.92 Å². The van der Waals surface area contributed by atoms with Gasteiger partial charge in [-0.3, -0.25) is 14.4 Å². The van der Waals surface area contributed by atoms with Crippen molar-refractivity contribution in [2.45, 2.75) is 45.6 Å². The fraction of sp³-hybridized carbons (Fsp3) is 0.550. The molecule has 1 aromatic carbocycles. The molecule has 0 aromatic heterocycles. The number of nitrogens with one attached hydrogen (secondary N) is 1. The van der Waals surface area contributed by atoms with Gasteiger partial charge in [0.15, 0.2) is 0 Å². The Morgan fingerprint density at radius 1 is 1.19 bits per heavy atom. The molecule has 1 N–H and O–H groups in total. The average molecular weight is 357 g/mol. The van der Waals surface area contributed by atoms with Gasteiger partial charge in [-0.15, -0.1) is 0 Å². The number of likely N-dealkylation sites (tertiary alicyclic amines) is 1. The van der Waals surface area contributed by atoms with Crippen molar-refractivity contribution in [2.75, 3.05) is 24.5 Å². The first-order chi connectivity index (χ1) is 12.5. The zero-order valence-corrected chi connectivity index (χ0v) is 15.5. The van der Waals surface area contributed by atoms with Crippen LogP contribution in [0.4, 0.5) is 5.69 Å². The van der Waals surface area contributed by atoms with Gasteiger partial charge in [0.1, 0.15) is 0 Å². The van der Waals surface area contributed by atoms with Gasteiger partial charge in [0.25, 0.3) is 5.91 Å². The summed E-state index contributed by atoms with van der Waals surface area (Å²) in [6.45, 7) is 5.72. The molecule has 0 spiro atoms. The maximum absolute atomic E-state index is 12.6. The van der Waals surface area contributed by atoms with E-state index < -0.39 is 0 Å². The molecular weight excluding hydrogens is 330 g/mol. The number of nitrogens with zero attached hydrogens (tertiary/aromatic N) is 2. The lowest BCUT2D eigenvalue weighted by Crippen LogP contribution is -2.40. The van der Waals surface area contributed by atoms with Crippen molar-refractivity contribution in [1.82, 2.24) is 10.2 Å². The number of carbonyl (C=O) groups is 3. The summed E-state index contributed by atoms with van der Waals surface area (Å²) in [4.78, 5) is 39.7. The zero-order valence-electron chi connectivity index (χ0n) is 15.5. The molecule has 6 heteroatoms. The molecule has 140 valence electrons. The minimum absolute atomic E-state index is 0.00816. The van der Waals surface area contributed by atoms with Crippen LogP contribution >= 0.6 is 0 Å². The molecule has 6 nitrogen and oxygen atoms in total. The Morgan fingerprint density at radius 3 is 2.50 bits per heavy atom. The van der Waals surface area contributed by atoms with Crippen LogP contribution in [0.15, 0.2) is 24.3 Å². The highest BCUT2D eigenvalue weighted by atomic mass is 16.2. The Morgan fingerprint density at radius 2 is 1.92 bits per heavy atom. The van der Waals surface area contributed by atoms with Gasteiger partial charge >= 0.3 is 0 Å². The van der Waals surface area contributed by atoms with Crippen molar-refractivity contribution in [3.05, 3.63) is 29.8 Å². The summed E-state index contributed by atoms with van der Waals surface area (Å²) in [5.74, 6) is 0.373. The molecule has 2 atom stereocenters. The molecule has 26 heavy (non-hydrogen) atoms. The van der Waals surface area contributed by atoms with Gasteiger partial charge in [-0.25, -0.2) is 0 Å². The molecule has 0 saturated carbocycles. The number of hydrogen-bond donors (Lipinski definition) is 1. The van der Waals surface area contributed by atoms with Gasteiger partial charge in [0.05, 0.1) is 6.04 Å². The van der Waals surface area contributed by atoms with Gasteiger partial charge in [-0.05, 0) is 43.0 Å². The van der Waals surface area contributed by atoms with Crippen LogP contribution in [0.5, 0.6) is 0 Å². The highest BCUT2D eigenvalue weighted by Gasteiger charge is 2.34. The second-order valence-corrected chi connectivity index (χ2v) is 7.25. The van der Waals surface area contributed by atoms with E-state index in [2.05, 4.69) is 12.2 Å².